The Labute approximate surface area is 174 Å². The first kappa shape index (κ1) is 21.0. The van der Waals surface area contributed by atoms with E-state index in [-0.39, 0.29) is 5.91 Å². The summed E-state index contributed by atoms with van der Waals surface area (Å²) in [4.78, 5) is 14.2. The maximum absolute atomic E-state index is 12.6. The highest BCUT2D eigenvalue weighted by molar-refractivity contribution is 5.94. The van der Waals surface area contributed by atoms with Gasteiger partial charge in [0.25, 0.3) is 5.91 Å². The van der Waals surface area contributed by atoms with Crippen molar-refractivity contribution in [3.8, 4) is 34.3 Å². The largest absolute Gasteiger partial charge is 0.497 e. The molecule has 158 valence electrons. The molecule has 1 amide bonds. The van der Waals surface area contributed by atoms with Crippen LogP contribution in [0.1, 0.15) is 16.1 Å². The van der Waals surface area contributed by atoms with Gasteiger partial charge in [0.2, 0.25) is 5.75 Å². The van der Waals surface area contributed by atoms with Crippen LogP contribution in [-0.2, 0) is 6.54 Å². The summed E-state index contributed by atoms with van der Waals surface area (Å²) in [5, 5.41) is 4.09. The van der Waals surface area contributed by atoms with E-state index in [0.717, 1.165) is 0 Å². The van der Waals surface area contributed by atoms with Crippen molar-refractivity contribution in [2.24, 2.45) is 0 Å². The van der Waals surface area contributed by atoms with Crippen molar-refractivity contribution in [2.45, 2.75) is 6.54 Å². The minimum absolute atomic E-state index is 0.130. The Balaban J connectivity index is 1.78. The molecule has 0 radical (unpaired) electrons. The Morgan fingerprint density at radius 2 is 1.57 bits per heavy atom. The number of rotatable bonds is 8. The smallest absolute Gasteiger partial charge is 0.253 e. The molecule has 0 aliphatic rings. The van der Waals surface area contributed by atoms with Crippen molar-refractivity contribution in [2.75, 3.05) is 35.5 Å². The molecule has 1 aromatic heterocycles. The van der Waals surface area contributed by atoms with Gasteiger partial charge in [-0.15, -0.1) is 0 Å². The second-order valence-corrected chi connectivity index (χ2v) is 6.49. The minimum Gasteiger partial charge on any atom is -0.497 e. The van der Waals surface area contributed by atoms with Gasteiger partial charge in [-0.25, -0.2) is 0 Å². The van der Waals surface area contributed by atoms with E-state index in [1.807, 2.05) is 0 Å². The number of carbonyl (C=O) groups is 1. The summed E-state index contributed by atoms with van der Waals surface area (Å²) >= 11 is 0. The zero-order valence-electron chi connectivity index (χ0n) is 17.6. The number of nitrogens with zero attached hydrogens (tertiary/aromatic N) is 2. The SMILES string of the molecule is COc1ccc(C(=O)N(C)Cc2cc(-c3cc(OC)c(OC)c(OC)c3)on2)cc1. The fourth-order valence-electron chi connectivity index (χ4n) is 3.01. The van der Waals surface area contributed by atoms with Gasteiger partial charge >= 0.3 is 0 Å². The lowest BCUT2D eigenvalue weighted by atomic mass is 10.1. The molecule has 0 saturated heterocycles. The average molecular weight is 412 g/mol. The topological polar surface area (TPSA) is 83.3 Å². The number of amides is 1. The van der Waals surface area contributed by atoms with Gasteiger partial charge in [-0.3, -0.25) is 4.79 Å². The van der Waals surface area contributed by atoms with Crippen LogP contribution < -0.4 is 18.9 Å². The summed E-state index contributed by atoms with van der Waals surface area (Å²) in [7, 11) is 7.93. The highest BCUT2D eigenvalue weighted by Gasteiger charge is 2.18. The highest BCUT2D eigenvalue weighted by atomic mass is 16.5. The fraction of sp³-hybridized carbons (Fsp3) is 0.273. The summed E-state index contributed by atoms with van der Waals surface area (Å²) in [6, 6.07) is 12.3. The van der Waals surface area contributed by atoms with Crippen LogP contribution in [0.15, 0.2) is 47.0 Å². The molecule has 0 unspecified atom stereocenters. The first-order chi connectivity index (χ1) is 14.5. The van der Waals surface area contributed by atoms with Crippen LogP contribution in [0.3, 0.4) is 0 Å². The van der Waals surface area contributed by atoms with Gasteiger partial charge in [-0.2, -0.15) is 0 Å². The van der Waals surface area contributed by atoms with Crippen LogP contribution in [0.5, 0.6) is 23.0 Å². The van der Waals surface area contributed by atoms with Crippen LogP contribution in [0.4, 0.5) is 0 Å². The molecule has 0 saturated carbocycles. The number of methoxy groups -OCH3 is 4. The molecule has 3 aromatic rings. The second kappa shape index (κ2) is 9.21. The summed E-state index contributed by atoms with van der Waals surface area (Å²) in [5.74, 6) is 2.60. The lowest BCUT2D eigenvalue weighted by Gasteiger charge is -2.15. The van der Waals surface area contributed by atoms with Gasteiger partial charge in [0.05, 0.1) is 35.0 Å². The summed E-state index contributed by atoms with van der Waals surface area (Å²) < 4.78 is 26.7. The molecule has 0 aliphatic heterocycles. The van der Waals surface area contributed by atoms with Gasteiger partial charge in [-0.1, -0.05) is 5.16 Å². The molecule has 30 heavy (non-hydrogen) atoms. The van der Waals surface area contributed by atoms with Gasteiger partial charge in [0, 0.05) is 24.2 Å². The predicted molar refractivity (Wildman–Crippen MR) is 110 cm³/mol. The molecule has 8 nitrogen and oxygen atoms in total. The fourth-order valence-corrected chi connectivity index (χ4v) is 3.01. The maximum Gasteiger partial charge on any atom is 0.253 e. The number of aromatic nitrogens is 1. The quantitative estimate of drug-likeness (QED) is 0.558. The molecule has 0 fully saturated rings. The molecule has 3 rings (SSSR count). The van der Waals surface area contributed by atoms with E-state index < -0.39 is 0 Å². The van der Waals surface area contributed by atoms with Crippen molar-refractivity contribution < 1.29 is 28.3 Å². The van der Waals surface area contributed by atoms with E-state index in [2.05, 4.69) is 5.16 Å². The summed E-state index contributed by atoms with van der Waals surface area (Å²) in [6.45, 7) is 0.290. The van der Waals surface area contributed by atoms with Crippen molar-refractivity contribution >= 4 is 5.91 Å². The van der Waals surface area contributed by atoms with Crippen molar-refractivity contribution in [1.29, 1.82) is 0 Å². The Morgan fingerprint density at radius 1 is 0.933 bits per heavy atom. The maximum atomic E-state index is 12.6. The van der Waals surface area contributed by atoms with E-state index in [9.17, 15) is 4.79 Å². The van der Waals surface area contributed by atoms with Crippen LogP contribution >= 0.6 is 0 Å². The number of benzene rings is 2. The molecular formula is C22H24N2O6. The van der Waals surface area contributed by atoms with Gasteiger partial charge in [0.1, 0.15) is 11.4 Å². The van der Waals surface area contributed by atoms with Crippen molar-refractivity contribution in [3.05, 3.63) is 53.7 Å². The molecule has 1 heterocycles. The van der Waals surface area contributed by atoms with E-state index in [4.69, 9.17) is 23.5 Å². The molecule has 0 aliphatic carbocycles. The van der Waals surface area contributed by atoms with Crippen LogP contribution in [0, 0.1) is 0 Å². The number of carbonyl (C=O) groups excluding carboxylic acids is 1. The van der Waals surface area contributed by atoms with E-state index >= 15 is 0 Å². The second-order valence-electron chi connectivity index (χ2n) is 6.49. The van der Waals surface area contributed by atoms with Crippen LogP contribution in [0.25, 0.3) is 11.3 Å². The lowest BCUT2D eigenvalue weighted by molar-refractivity contribution is 0.0782. The summed E-state index contributed by atoms with van der Waals surface area (Å²) in [5.41, 5.74) is 1.89. The molecule has 0 N–H and O–H groups in total. The standard InChI is InChI=1S/C22H24N2O6/c1-24(22(25)14-6-8-17(26-2)9-7-14)13-16-12-18(30-23-16)15-10-19(27-3)21(29-5)20(11-15)28-4/h6-12H,13H2,1-5H3. The lowest BCUT2D eigenvalue weighted by Crippen LogP contribution is -2.26. The Bertz CT molecular complexity index is 988. The first-order valence-corrected chi connectivity index (χ1v) is 9.16. The monoisotopic (exact) mass is 412 g/mol. The predicted octanol–water partition coefficient (Wildman–Crippen LogP) is 3.65. The highest BCUT2D eigenvalue weighted by Crippen LogP contribution is 2.41. The number of hydrogen-bond donors (Lipinski definition) is 0. The molecule has 0 bridgehead atoms. The first-order valence-electron chi connectivity index (χ1n) is 9.16. The molecule has 2 aromatic carbocycles. The minimum atomic E-state index is -0.130. The van der Waals surface area contributed by atoms with E-state index in [1.54, 1.807) is 82.9 Å². The number of hydrogen-bond acceptors (Lipinski definition) is 7. The third-order valence-electron chi connectivity index (χ3n) is 4.59. The van der Waals surface area contributed by atoms with Gasteiger partial charge < -0.3 is 28.4 Å². The Hall–Kier alpha value is -3.68. The molecule has 0 atom stereocenters. The summed E-state index contributed by atoms with van der Waals surface area (Å²) in [6.07, 6.45) is 0. The Kier molecular flexibility index (Phi) is 6.46. The van der Waals surface area contributed by atoms with Crippen molar-refractivity contribution in [3.63, 3.8) is 0 Å². The Morgan fingerprint density at radius 3 is 2.10 bits per heavy atom. The van der Waals surface area contributed by atoms with E-state index in [1.165, 1.54) is 0 Å². The van der Waals surface area contributed by atoms with Gasteiger partial charge in [-0.05, 0) is 36.4 Å². The average Bonchev–Trinajstić information content (AvgIpc) is 3.25. The third-order valence-corrected chi connectivity index (χ3v) is 4.59. The zero-order chi connectivity index (χ0) is 21.7. The molecule has 8 heteroatoms. The van der Waals surface area contributed by atoms with Crippen LogP contribution in [-0.4, -0.2) is 51.5 Å². The van der Waals surface area contributed by atoms with Crippen molar-refractivity contribution in [1.82, 2.24) is 10.1 Å². The van der Waals surface area contributed by atoms with E-state index in [0.29, 0.717) is 52.1 Å². The molecular weight excluding hydrogens is 388 g/mol. The number of ether oxygens (including phenoxy) is 4. The van der Waals surface area contributed by atoms with Gasteiger partial charge in [0.15, 0.2) is 17.3 Å². The molecule has 0 spiro atoms. The zero-order valence-corrected chi connectivity index (χ0v) is 17.6. The normalized spacial score (nSPS) is 10.4. The van der Waals surface area contributed by atoms with Crippen LogP contribution in [0.2, 0.25) is 0 Å². The third kappa shape index (κ3) is 4.32.